The number of benzene rings is 1. The number of halogens is 1. The van der Waals surface area contributed by atoms with Gasteiger partial charge in [-0.25, -0.2) is 0 Å². The van der Waals surface area contributed by atoms with E-state index < -0.39 is 0 Å². The molecule has 1 N–H and O–H groups in total. The summed E-state index contributed by atoms with van der Waals surface area (Å²) < 4.78 is 0. The molecule has 2 aliphatic carbocycles. The predicted molar refractivity (Wildman–Crippen MR) is 77.2 cm³/mol. The van der Waals surface area contributed by atoms with Crippen molar-refractivity contribution < 1.29 is 0 Å². The first-order valence-electron chi connectivity index (χ1n) is 7.20. The van der Waals surface area contributed by atoms with Gasteiger partial charge >= 0.3 is 0 Å². The van der Waals surface area contributed by atoms with Crippen LogP contribution in [0.5, 0.6) is 0 Å². The molecule has 2 saturated carbocycles. The van der Waals surface area contributed by atoms with Crippen LogP contribution in [0, 0.1) is 5.41 Å². The molecular weight excluding hydrogens is 242 g/mol. The Morgan fingerprint density at radius 2 is 1.89 bits per heavy atom. The lowest BCUT2D eigenvalue weighted by atomic mass is 9.75. The maximum absolute atomic E-state index is 5.92. The average molecular weight is 264 g/mol. The Kier molecular flexibility index (Phi) is 3.38. The summed E-state index contributed by atoms with van der Waals surface area (Å²) in [6, 6.07) is 9.12. The van der Waals surface area contributed by atoms with Gasteiger partial charge in [-0.3, -0.25) is 0 Å². The van der Waals surface area contributed by atoms with Crippen LogP contribution in [-0.2, 0) is 0 Å². The van der Waals surface area contributed by atoms with Crippen LogP contribution in [0.3, 0.4) is 0 Å². The molecular formula is C16H22ClN. The monoisotopic (exact) mass is 263 g/mol. The minimum absolute atomic E-state index is 0.672. The zero-order chi connectivity index (χ0) is 12.6. The molecule has 0 unspecified atom stereocenters. The van der Waals surface area contributed by atoms with E-state index in [4.69, 9.17) is 11.6 Å². The molecule has 0 aliphatic heterocycles. The van der Waals surface area contributed by atoms with E-state index in [9.17, 15) is 0 Å². The van der Waals surface area contributed by atoms with Gasteiger partial charge in [0, 0.05) is 17.6 Å². The quantitative estimate of drug-likeness (QED) is 0.832. The molecule has 2 aliphatic rings. The normalized spacial score (nSPS) is 28.8. The fourth-order valence-corrected chi connectivity index (χ4v) is 3.11. The van der Waals surface area contributed by atoms with Gasteiger partial charge in [0.25, 0.3) is 0 Å². The second kappa shape index (κ2) is 4.86. The van der Waals surface area contributed by atoms with Crippen LogP contribution in [0.25, 0.3) is 0 Å². The average Bonchev–Trinajstić information content (AvgIpc) is 3.10. The third-order valence-electron chi connectivity index (χ3n) is 4.95. The third kappa shape index (κ3) is 2.57. The number of hydrogen-bond acceptors (Lipinski definition) is 1. The van der Waals surface area contributed by atoms with Gasteiger partial charge in [0.05, 0.1) is 0 Å². The second-order valence-electron chi connectivity index (χ2n) is 6.15. The van der Waals surface area contributed by atoms with Gasteiger partial charge in [-0.05, 0) is 61.1 Å². The molecule has 0 radical (unpaired) electrons. The summed E-state index contributed by atoms with van der Waals surface area (Å²) in [5, 5.41) is 4.60. The van der Waals surface area contributed by atoms with Gasteiger partial charge in [0.15, 0.2) is 0 Å². The van der Waals surface area contributed by atoms with Crippen LogP contribution < -0.4 is 5.32 Å². The van der Waals surface area contributed by atoms with Crippen molar-refractivity contribution in [1.29, 1.82) is 0 Å². The van der Waals surface area contributed by atoms with Crippen molar-refractivity contribution in [2.75, 3.05) is 6.54 Å². The summed E-state index contributed by atoms with van der Waals surface area (Å²) in [6.45, 7) is 3.56. The Bertz CT molecular complexity index is 402. The third-order valence-corrected chi connectivity index (χ3v) is 5.20. The van der Waals surface area contributed by atoms with E-state index in [0.717, 1.165) is 17.0 Å². The molecule has 0 spiro atoms. The van der Waals surface area contributed by atoms with Crippen molar-refractivity contribution in [3.05, 3.63) is 34.9 Å². The molecule has 98 valence electrons. The van der Waals surface area contributed by atoms with Gasteiger partial charge in [0.2, 0.25) is 0 Å². The first kappa shape index (κ1) is 12.5. The van der Waals surface area contributed by atoms with Crippen LogP contribution in [0.4, 0.5) is 0 Å². The van der Waals surface area contributed by atoms with Crippen LogP contribution in [0.1, 0.15) is 50.5 Å². The minimum Gasteiger partial charge on any atom is -0.313 e. The number of rotatable bonds is 5. The van der Waals surface area contributed by atoms with E-state index in [2.05, 4.69) is 24.4 Å². The summed E-state index contributed by atoms with van der Waals surface area (Å²) in [5.74, 6) is 0.747. The Hall–Kier alpha value is -0.530. The molecule has 1 aromatic rings. The van der Waals surface area contributed by atoms with Crippen molar-refractivity contribution >= 4 is 11.6 Å². The Morgan fingerprint density at radius 1 is 1.22 bits per heavy atom. The highest BCUT2D eigenvalue weighted by molar-refractivity contribution is 6.30. The molecule has 0 aromatic heterocycles. The van der Waals surface area contributed by atoms with E-state index >= 15 is 0 Å². The lowest BCUT2D eigenvalue weighted by Crippen LogP contribution is -2.42. The lowest BCUT2D eigenvalue weighted by Gasteiger charge is -2.37. The molecule has 0 atom stereocenters. The van der Waals surface area contributed by atoms with E-state index in [1.54, 1.807) is 0 Å². The first-order valence-corrected chi connectivity index (χ1v) is 7.57. The van der Waals surface area contributed by atoms with E-state index in [0.29, 0.717) is 5.41 Å². The molecule has 1 nitrogen and oxygen atoms in total. The lowest BCUT2D eigenvalue weighted by molar-refractivity contribution is 0.268. The summed E-state index contributed by atoms with van der Waals surface area (Å²) in [7, 11) is 0. The van der Waals surface area contributed by atoms with Gasteiger partial charge in [0.1, 0.15) is 0 Å². The maximum atomic E-state index is 5.92. The Balaban J connectivity index is 1.44. The Labute approximate surface area is 115 Å². The van der Waals surface area contributed by atoms with E-state index in [-0.39, 0.29) is 0 Å². The summed E-state index contributed by atoms with van der Waals surface area (Å²) in [6.07, 6.45) is 6.80. The van der Waals surface area contributed by atoms with Gasteiger partial charge in [-0.15, -0.1) is 0 Å². The Morgan fingerprint density at radius 3 is 2.44 bits per heavy atom. The van der Waals surface area contributed by atoms with Crippen molar-refractivity contribution in [1.82, 2.24) is 5.32 Å². The zero-order valence-corrected chi connectivity index (χ0v) is 11.8. The van der Waals surface area contributed by atoms with E-state index in [1.165, 1.54) is 44.2 Å². The van der Waals surface area contributed by atoms with E-state index in [1.807, 2.05) is 12.1 Å². The van der Waals surface area contributed by atoms with Gasteiger partial charge in [-0.1, -0.05) is 30.7 Å². The van der Waals surface area contributed by atoms with Gasteiger partial charge < -0.3 is 5.32 Å². The summed E-state index contributed by atoms with van der Waals surface area (Å²) >= 11 is 5.92. The predicted octanol–water partition coefficient (Wildman–Crippen LogP) is 4.37. The fourth-order valence-electron chi connectivity index (χ4n) is 2.98. The summed E-state index contributed by atoms with van der Waals surface area (Å²) in [4.78, 5) is 0. The van der Waals surface area contributed by atoms with Crippen molar-refractivity contribution in [2.45, 2.75) is 51.0 Å². The highest BCUT2D eigenvalue weighted by Crippen LogP contribution is 2.48. The fraction of sp³-hybridized carbons (Fsp3) is 0.625. The maximum Gasteiger partial charge on any atom is 0.0406 e. The van der Waals surface area contributed by atoms with Crippen LogP contribution in [0.15, 0.2) is 24.3 Å². The molecule has 0 amide bonds. The summed E-state index contributed by atoms with van der Waals surface area (Å²) in [5.41, 5.74) is 2.12. The molecule has 1 aromatic carbocycles. The van der Waals surface area contributed by atoms with Crippen LogP contribution >= 0.6 is 11.6 Å². The van der Waals surface area contributed by atoms with Crippen LogP contribution in [-0.4, -0.2) is 12.6 Å². The second-order valence-corrected chi connectivity index (χ2v) is 6.59. The molecule has 3 rings (SSSR count). The SMILES string of the molecule is CCC1(CNC2CC(c3ccc(Cl)cc3)C2)CC1. The highest BCUT2D eigenvalue weighted by Gasteiger charge is 2.41. The molecule has 2 heteroatoms. The standard InChI is InChI=1S/C16H22ClN/c1-2-16(7-8-16)11-18-15-9-13(10-15)12-3-5-14(17)6-4-12/h3-6,13,15,18H,2,7-11H2,1H3. The smallest absolute Gasteiger partial charge is 0.0406 e. The topological polar surface area (TPSA) is 12.0 Å². The van der Waals surface area contributed by atoms with Crippen LogP contribution in [0.2, 0.25) is 5.02 Å². The molecule has 0 saturated heterocycles. The number of hydrogen-bond donors (Lipinski definition) is 1. The van der Waals surface area contributed by atoms with Gasteiger partial charge in [-0.2, -0.15) is 0 Å². The van der Waals surface area contributed by atoms with Crippen molar-refractivity contribution in [3.8, 4) is 0 Å². The first-order chi connectivity index (χ1) is 8.71. The largest absolute Gasteiger partial charge is 0.313 e. The zero-order valence-electron chi connectivity index (χ0n) is 11.1. The molecule has 2 fully saturated rings. The van der Waals surface area contributed by atoms with Crippen molar-refractivity contribution in [3.63, 3.8) is 0 Å². The minimum atomic E-state index is 0.672. The van der Waals surface area contributed by atoms with Crippen molar-refractivity contribution in [2.24, 2.45) is 5.41 Å². The molecule has 0 bridgehead atoms. The number of nitrogens with one attached hydrogen (secondary N) is 1. The highest BCUT2D eigenvalue weighted by atomic mass is 35.5. The molecule has 18 heavy (non-hydrogen) atoms. The molecule has 0 heterocycles.